The van der Waals surface area contributed by atoms with Gasteiger partial charge in [0.05, 0.1) is 10.1 Å². The summed E-state index contributed by atoms with van der Waals surface area (Å²) in [5.74, 6) is 1.64. The molecule has 0 saturated heterocycles. The molecule has 0 spiro atoms. The molecule has 2 aromatic rings. The molecule has 1 atom stereocenters. The van der Waals surface area contributed by atoms with E-state index in [0.717, 1.165) is 34.8 Å². The summed E-state index contributed by atoms with van der Waals surface area (Å²) in [6.45, 7) is 4.56. The zero-order chi connectivity index (χ0) is 17.6. The Kier molecular flexibility index (Phi) is 4.25. The first kappa shape index (κ1) is 16.9. The van der Waals surface area contributed by atoms with Gasteiger partial charge in [0, 0.05) is 11.4 Å². The molecule has 0 unspecified atom stereocenters. The molecule has 1 aromatic carbocycles. The van der Waals surface area contributed by atoms with Crippen LogP contribution in [0, 0.1) is 0 Å². The van der Waals surface area contributed by atoms with E-state index in [1.807, 2.05) is 5.38 Å². The molecule has 134 valence electrons. The molecule has 5 nitrogen and oxygen atoms in total. The molecule has 1 aliphatic heterocycles. The smallest absolute Gasteiger partial charge is 0.214 e. The number of fused-ring (bicyclic) bond motifs is 2. The van der Waals surface area contributed by atoms with Crippen molar-refractivity contribution in [3.63, 3.8) is 0 Å². The second-order valence-corrected chi connectivity index (χ2v) is 9.90. The Morgan fingerprint density at radius 2 is 1.92 bits per heavy atom. The quantitative estimate of drug-likeness (QED) is 0.887. The van der Waals surface area contributed by atoms with E-state index in [0.29, 0.717) is 13.2 Å². The second-order valence-electron chi connectivity index (χ2n) is 6.76. The first-order chi connectivity index (χ1) is 11.9. The third-order valence-electron chi connectivity index (χ3n) is 4.65. The van der Waals surface area contributed by atoms with Crippen LogP contribution in [0.25, 0.3) is 10.4 Å². The highest BCUT2D eigenvalue weighted by molar-refractivity contribution is 7.90. The SMILES string of the molecule is CC(C)S(=O)(=O)N[C@H]1Cc2ccc(-c3scc4c3OCCO4)cc2C1. The number of sulfonamides is 1. The van der Waals surface area contributed by atoms with Crippen molar-refractivity contribution in [2.75, 3.05) is 13.2 Å². The van der Waals surface area contributed by atoms with Gasteiger partial charge in [-0.15, -0.1) is 11.3 Å². The van der Waals surface area contributed by atoms with Crippen LogP contribution in [0.5, 0.6) is 11.5 Å². The average Bonchev–Trinajstić information content (AvgIpc) is 3.16. The topological polar surface area (TPSA) is 64.6 Å². The molecule has 1 N–H and O–H groups in total. The van der Waals surface area contributed by atoms with E-state index >= 15 is 0 Å². The minimum atomic E-state index is -3.25. The standard InChI is InChI=1S/C18H21NO4S2/c1-11(2)25(20,21)19-15-8-12-3-4-13(7-14(12)9-15)18-17-16(10-24-18)22-5-6-23-17/h3-4,7,10-11,15,19H,5-6,8-9H2,1-2H3/t15-/m0/s1. The predicted octanol–water partition coefficient (Wildman–Crippen LogP) is 2.98. The van der Waals surface area contributed by atoms with E-state index in [-0.39, 0.29) is 6.04 Å². The summed E-state index contributed by atoms with van der Waals surface area (Å²) in [4.78, 5) is 1.07. The average molecular weight is 380 g/mol. The molecule has 0 radical (unpaired) electrons. The molecule has 2 aliphatic rings. The molecule has 4 rings (SSSR count). The third-order valence-corrected chi connectivity index (χ3v) is 7.55. The second kappa shape index (κ2) is 6.30. The van der Waals surface area contributed by atoms with Gasteiger partial charge in [-0.3, -0.25) is 0 Å². The van der Waals surface area contributed by atoms with Crippen LogP contribution in [0.2, 0.25) is 0 Å². The van der Waals surface area contributed by atoms with Crippen molar-refractivity contribution in [1.82, 2.24) is 4.72 Å². The largest absolute Gasteiger partial charge is 0.485 e. The zero-order valence-corrected chi connectivity index (χ0v) is 15.9. The maximum atomic E-state index is 12.1. The Morgan fingerprint density at radius 1 is 1.16 bits per heavy atom. The van der Waals surface area contributed by atoms with Gasteiger partial charge in [-0.05, 0) is 49.4 Å². The molecule has 1 aliphatic carbocycles. The van der Waals surface area contributed by atoms with E-state index in [2.05, 4.69) is 22.9 Å². The molecule has 2 heterocycles. The monoisotopic (exact) mass is 379 g/mol. The predicted molar refractivity (Wildman–Crippen MR) is 99.1 cm³/mol. The summed E-state index contributed by atoms with van der Waals surface area (Å²) < 4.78 is 38.5. The third kappa shape index (κ3) is 3.16. The van der Waals surface area contributed by atoms with Crippen LogP contribution in [-0.2, 0) is 22.9 Å². The summed E-state index contributed by atoms with van der Waals surface area (Å²) in [5, 5.41) is 1.57. The van der Waals surface area contributed by atoms with Crippen LogP contribution < -0.4 is 14.2 Å². The van der Waals surface area contributed by atoms with E-state index in [4.69, 9.17) is 9.47 Å². The van der Waals surface area contributed by atoms with Gasteiger partial charge in [-0.25, -0.2) is 13.1 Å². The first-order valence-corrected chi connectivity index (χ1v) is 10.9. The highest BCUT2D eigenvalue weighted by Gasteiger charge is 2.28. The lowest BCUT2D eigenvalue weighted by atomic mass is 10.1. The zero-order valence-electron chi connectivity index (χ0n) is 14.2. The fourth-order valence-electron chi connectivity index (χ4n) is 3.27. The van der Waals surface area contributed by atoms with Gasteiger partial charge in [0.1, 0.15) is 13.2 Å². The molecular formula is C18H21NO4S2. The number of hydrogen-bond donors (Lipinski definition) is 1. The van der Waals surface area contributed by atoms with Crippen LogP contribution >= 0.6 is 11.3 Å². The van der Waals surface area contributed by atoms with E-state index in [9.17, 15) is 8.42 Å². The first-order valence-electron chi connectivity index (χ1n) is 8.44. The van der Waals surface area contributed by atoms with Crippen LogP contribution in [0.4, 0.5) is 0 Å². The van der Waals surface area contributed by atoms with Crippen molar-refractivity contribution in [3.05, 3.63) is 34.7 Å². The van der Waals surface area contributed by atoms with E-state index in [1.54, 1.807) is 25.2 Å². The molecule has 0 fully saturated rings. The number of thiophene rings is 1. The normalized spacial score (nSPS) is 19.2. The maximum absolute atomic E-state index is 12.1. The van der Waals surface area contributed by atoms with Gasteiger partial charge in [0.2, 0.25) is 10.0 Å². The number of nitrogens with one attached hydrogen (secondary N) is 1. The van der Waals surface area contributed by atoms with Gasteiger partial charge < -0.3 is 9.47 Å². The highest BCUT2D eigenvalue weighted by Crippen LogP contribution is 2.46. The Balaban J connectivity index is 1.58. The summed E-state index contributed by atoms with van der Waals surface area (Å²) in [7, 11) is -3.25. The lowest BCUT2D eigenvalue weighted by Gasteiger charge is -2.16. The van der Waals surface area contributed by atoms with Crippen molar-refractivity contribution in [1.29, 1.82) is 0 Å². The molecular weight excluding hydrogens is 358 g/mol. The fourth-order valence-corrected chi connectivity index (χ4v) is 5.11. The Labute approximate surface area is 152 Å². The summed E-state index contributed by atoms with van der Waals surface area (Å²) >= 11 is 1.62. The number of rotatable bonds is 4. The Hall–Kier alpha value is -1.57. The number of benzene rings is 1. The molecule has 25 heavy (non-hydrogen) atoms. The van der Waals surface area contributed by atoms with Gasteiger partial charge >= 0.3 is 0 Å². The van der Waals surface area contributed by atoms with Crippen LogP contribution in [0.15, 0.2) is 23.6 Å². The molecule has 7 heteroatoms. The summed E-state index contributed by atoms with van der Waals surface area (Å²) in [6.07, 6.45) is 1.46. The Morgan fingerprint density at radius 3 is 2.72 bits per heavy atom. The van der Waals surface area contributed by atoms with Crippen LogP contribution in [0.1, 0.15) is 25.0 Å². The van der Waals surface area contributed by atoms with Crippen molar-refractivity contribution >= 4 is 21.4 Å². The van der Waals surface area contributed by atoms with Gasteiger partial charge in [-0.2, -0.15) is 0 Å². The minimum absolute atomic E-state index is 0.0607. The van der Waals surface area contributed by atoms with Crippen molar-refractivity contribution in [2.24, 2.45) is 0 Å². The van der Waals surface area contributed by atoms with Crippen LogP contribution in [0.3, 0.4) is 0 Å². The fraction of sp³-hybridized carbons (Fsp3) is 0.444. The lowest BCUT2D eigenvalue weighted by Crippen LogP contribution is -2.39. The number of hydrogen-bond acceptors (Lipinski definition) is 5. The van der Waals surface area contributed by atoms with Crippen LogP contribution in [-0.4, -0.2) is 32.9 Å². The summed E-state index contributed by atoms with van der Waals surface area (Å²) in [6, 6.07) is 6.28. The Bertz CT molecular complexity index is 902. The summed E-state index contributed by atoms with van der Waals surface area (Å²) in [5.41, 5.74) is 3.51. The molecule has 1 aromatic heterocycles. The van der Waals surface area contributed by atoms with E-state index in [1.165, 1.54) is 11.1 Å². The van der Waals surface area contributed by atoms with Gasteiger partial charge in [-0.1, -0.05) is 12.1 Å². The van der Waals surface area contributed by atoms with E-state index < -0.39 is 15.3 Å². The van der Waals surface area contributed by atoms with Crippen molar-refractivity contribution in [3.8, 4) is 21.9 Å². The van der Waals surface area contributed by atoms with Crippen molar-refractivity contribution in [2.45, 2.75) is 38.0 Å². The molecule has 0 amide bonds. The van der Waals surface area contributed by atoms with Gasteiger partial charge in [0.15, 0.2) is 11.5 Å². The molecule has 0 bridgehead atoms. The maximum Gasteiger partial charge on any atom is 0.214 e. The minimum Gasteiger partial charge on any atom is -0.485 e. The number of ether oxygens (including phenoxy) is 2. The highest BCUT2D eigenvalue weighted by atomic mass is 32.2. The lowest BCUT2D eigenvalue weighted by molar-refractivity contribution is 0.174. The van der Waals surface area contributed by atoms with Gasteiger partial charge in [0.25, 0.3) is 0 Å². The molecule has 0 saturated carbocycles. The van der Waals surface area contributed by atoms with Crippen molar-refractivity contribution < 1.29 is 17.9 Å².